The molecule has 120 valence electrons. The van der Waals surface area contributed by atoms with Crippen LogP contribution in [-0.2, 0) is 13.0 Å². The van der Waals surface area contributed by atoms with Crippen LogP contribution in [-0.4, -0.2) is 19.1 Å². The standard InChI is InChI=1S/C11H12N2.C8H12N2/c1-10-12-7-8-13(10)9-11-5-3-2-4-6-11;1-4-8-9-7(3)6-10(8)5-2/h2-8H,9H2,1H3;5-6H,2,4H2,1,3H3. The summed E-state index contributed by atoms with van der Waals surface area (Å²) in [5.74, 6) is 2.14. The quantitative estimate of drug-likeness (QED) is 0.727. The van der Waals surface area contributed by atoms with Gasteiger partial charge in [-0.25, -0.2) is 9.97 Å². The van der Waals surface area contributed by atoms with Gasteiger partial charge in [-0.15, -0.1) is 0 Å². The van der Waals surface area contributed by atoms with Gasteiger partial charge in [0.05, 0.1) is 5.69 Å². The molecule has 0 fully saturated rings. The zero-order valence-electron chi connectivity index (χ0n) is 14.1. The molecule has 0 aliphatic rings. The largest absolute Gasteiger partial charge is 0.331 e. The lowest BCUT2D eigenvalue weighted by atomic mass is 10.2. The first-order valence-corrected chi connectivity index (χ1v) is 7.82. The van der Waals surface area contributed by atoms with E-state index in [4.69, 9.17) is 0 Å². The van der Waals surface area contributed by atoms with Gasteiger partial charge in [0.2, 0.25) is 0 Å². The van der Waals surface area contributed by atoms with Gasteiger partial charge in [-0.2, -0.15) is 0 Å². The number of nitrogens with zero attached hydrogens (tertiary/aromatic N) is 4. The Morgan fingerprint density at radius 1 is 1.17 bits per heavy atom. The molecular weight excluding hydrogens is 284 g/mol. The van der Waals surface area contributed by atoms with Crippen molar-refractivity contribution in [3.63, 3.8) is 0 Å². The number of benzene rings is 1. The van der Waals surface area contributed by atoms with Crippen LogP contribution in [0.5, 0.6) is 0 Å². The predicted octanol–water partition coefficient (Wildman–Crippen LogP) is 4.09. The summed E-state index contributed by atoms with van der Waals surface area (Å²) in [6.07, 6.45) is 8.55. The second-order valence-electron chi connectivity index (χ2n) is 5.33. The number of hydrogen-bond donors (Lipinski definition) is 0. The van der Waals surface area contributed by atoms with Crippen molar-refractivity contribution >= 4 is 6.20 Å². The summed E-state index contributed by atoms with van der Waals surface area (Å²) in [6.45, 7) is 10.7. The summed E-state index contributed by atoms with van der Waals surface area (Å²) in [6, 6.07) is 10.4. The molecule has 0 aliphatic heterocycles. The van der Waals surface area contributed by atoms with Crippen LogP contribution in [0.25, 0.3) is 6.20 Å². The molecule has 1 aromatic carbocycles. The summed E-state index contributed by atoms with van der Waals surface area (Å²) in [5, 5.41) is 0. The molecule has 0 saturated carbocycles. The summed E-state index contributed by atoms with van der Waals surface area (Å²) in [4.78, 5) is 8.47. The molecule has 0 spiro atoms. The number of rotatable bonds is 4. The molecule has 0 saturated heterocycles. The van der Waals surface area contributed by atoms with Crippen molar-refractivity contribution < 1.29 is 0 Å². The SMILES string of the molecule is C=Cn1cc(C)nc1CC.Cc1nccn1Cc1ccccc1. The first kappa shape index (κ1) is 16.7. The van der Waals surface area contributed by atoms with Crippen LogP contribution in [0, 0.1) is 13.8 Å². The number of aromatic nitrogens is 4. The average Bonchev–Trinajstić information content (AvgIpc) is 3.14. The third-order valence-corrected chi connectivity index (χ3v) is 3.56. The van der Waals surface area contributed by atoms with Crippen LogP contribution in [0.1, 0.15) is 29.8 Å². The van der Waals surface area contributed by atoms with Crippen molar-refractivity contribution in [2.45, 2.75) is 33.7 Å². The highest BCUT2D eigenvalue weighted by Crippen LogP contribution is 2.04. The Morgan fingerprint density at radius 3 is 2.43 bits per heavy atom. The minimum atomic E-state index is 0.909. The zero-order valence-corrected chi connectivity index (χ0v) is 14.1. The lowest BCUT2D eigenvalue weighted by Crippen LogP contribution is -1.99. The predicted molar refractivity (Wildman–Crippen MR) is 95.2 cm³/mol. The van der Waals surface area contributed by atoms with Gasteiger partial charge in [0.15, 0.2) is 0 Å². The summed E-state index contributed by atoms with van der Waals surface area (Å²) in [7, 11) is 0. The molecule has 23 heavy (non-hydrogen) atoms. The minimum absolute atomic E-state index is 0.909. The van der Waals surface area contributed by atoms with Crippen LogP contribution in [0.15, 0.2) is 55.5 Å². The van der Waals surface area contributed by atoms with Crippen molar-refractivity contribution in [2.75, 3.05) is 0 Å². The molecule has 2 aromatic heterocycles. The van der Waals surface area contributed by atoms with Crippen LogP contribution in [0.3, 0.4) is 0 Å². The van der Waals surface area contributed by atoms with Gasteiger partial charge < -0.3 is 9.13 Å². The Balaban J connectivity index is 0.000000174. The van der Waals surface area contributed by atoms with Crippen molar-refractivity contribution in [1.82, 2.24) is 19.1 Å². The highest BCUT2D eigenvalue weighted by molar-refractivity contribution is 5.22. The molecule has 0 unspecified atom stereocenters. The van der Waals surface area contributed by atoms with E-state index in [9.17, 15) is 0 Å². The van der Waals surface area contributed by atoms with E-state index in [1.165, 1.54) is 5.56 Å². The molecule has 0 N–H and O–H groups in total. The Bertz CT molecular complexity index is 738. The number of imidazole rings is 2. The molecule has 3 aromatic rings. The van der Waals surface area contributed by atoms with E-state index < -0.39 is 0 Å². The van der Waals surface area contributed by atoms with E-state index >= 15 is 0 Å². The summed E-state index contributed by atoms with van der Waals surface area (Å²) < 4.78 is 4.09. The molecule has 0 radical (unpaired) electrons. The van der Waals surface area contributed by atoms with Gasteiger partial charge in [-0.05, 0) is 19.4 Å². The normalized spacial score (nSPS) is 10.0. The fourth-order valence-corrected chi connectivity index (χ4v) is 2.34. The molecule has 4 heteroatoms. The zero-order chi connectivity index (χ0) is 16.7. The van der Waals surface area contributed by atoms with E-state index in [-0.39, 0.29) is 0 Å². The van der Waals surface area contributed by atoms with Crippen molar-refractivity contribution in [3.8, 4) is 0 Å². The van der Waals surface area contributed by atoms with Gasteiger partial charge in [0.25, 0.3) is 0 Å². The van der Waals surface area contributed by atoms with Crippen LogP contribution in [0.2, 0.25) is 0 Å². The second-order valence-corrected chi connectivity index (χ2v) is 5.33. The molecule has 0 atom stereocenters. The van der Waals surface area contributed by atoms with Gasteiger partial charge in [0, 0.05) is 37.8 Å². The first-order valence-electron chi connectivity index (χ1n) is 7.82. The smallest absolute Gasteiger partial charge is 0.112 e. The molecule has 2 heterocycles. The highest BCUT2D eigenvalue weighted by Gasteiger charge is 1.98. The van der Waals surface area contributed by atoms with Crippen LogP contribution >= 0.6 is 0 Å². The van der Waals surface area contributed by atoms with Gasteiger partial charge in [0.1, 0.15) is 11.6 Å². The molecule has 4 nitrogen and oxygen atoms in total. The molecule has 3 rings (SSSR count). The van der Waals surface area contributed by atoms with E-state index in [0.29, 0.717) is 0 Å². The Labute approximate surface area is 138 Å². The third kappa shape index (κ3) is 4.68. The first-order chi connectivity index (χ1) is 11.1. The third-order valence-electron chi connectivity index (χ3n) is 3.56. The van der Waals surface area contributed by atoms with Crippen LogP contribution < -0.4 is 0 Å². The number of hydrogen-bond acceptors (Lipinski definition) is 2. The lowest BCUT2D eigenvalue weighted by molar-refractivity contribution is 0.762. The molecular formula is C19H24N4. The Morgan fingerprint density at radius 2 is 1.91 bits per heavy atom. The van der Waals surface area contributed by atoms with Gasteiger partial charge >= 0.3 is 0 Å². The maximum absolute atomic E-state index is 4.29. The maximum Gasteiger partial charge on any atom is 0.112 e. The van der Waals surface area contributed by atoms with Gasteiger partial charge in [-0.1, -0.05) is 43.8 Å². The minimum Gasteiger partial charge on any atom is -0.331 e. The van der Waals surface area contributed by atoms with E-state index in [2.05, 4.69) is 52.3 Å². The maximum atomic E-state index is 4.29. The molecule has 0 aliphatic carbocycles. The van der Waals surface area contributed by atoms with Crippen LogP contribution in [0.4, 0.5) is 0 Å². The van der Waals surface area contributed by atoms with Crippen molar-refractivity contribution in [1.29, 1.82) is 0 Å². The van der Waals surface area contributed by atoms with Gasteiger partial charge in [-0.3, -0.25) is 0 Å². The molecule has 0 bridgehead atoms. The monoisotopic (exact) mass is 308 g/mol. The molecule has 0 amide bonds. The second kappa shape index (κ2) is 8.13. The average molecular weight is 308 g/mol. The lowest BCUT2D eigenvalue weighted by Gasteiger charge is -2.03. The summed E-state index contributed by atoms with van der Waals surface area (Å²) >= 11 is 0. The number of aryl methyl sites for hydroxylation is 3. The fourth-order valence-electron chi connectivity index (χ4n) is 2.34. The van der Waals surface area contributed by atoms with E-state index in [1.807, 2.05) is 43.1 Å². The Hall–Kier alpha value is -2.62. The highest BCUT2D eigenvalue weighted by atomic mass is 15.1. The van der Waals surface area contributed by atoms with E-state index in [0.717, 1.165) is 30.3 Å². The summed E-state index contributed by atoms with van der Waals surface area (Å²) in [5.41, 5.74) is 2.36. The van der Waals surface area contributed by atoms with E-state index in [1.54, 1.807) is 6.20 Å². The topological polar surface area (TPSA) is 35.6 Å². The Kier molecular flexibility index (Phi) is 5.92. The van der Waals surface area contributed by atoms with Crippen molar-refractivity contribution in [2.24, 2.45) is 0 Å². The van der Waals surface area contributed by atoms with Crippen molar-refractivity contribution in [3.05, 3.63) is 78.4 Å². The fraction of sp³-hybridized carbons (Fsp3) is 0.263.